The molecule has 2 heterocycles. The zero-order chi connectivity index (χ0) is 21.9. The Labute approximate surface area is 182 Å². The molecule has 1 aromatic rings. The van der Waals surface area contributed by atoms with Crippen molar-refractivity contribution in [3.05, 3.63) is 34.9 Å². The highest BCUT2D eigenvalue weighted by Crippen LogP contribution is 2.43. The number of amides is 3. The Bertz CT molecular complexity index is 807. The molecule has 1 N–H and O–H groups in total. The quantitative estimate of drug-likeness (QED) is 0.657. The first kappa shape index (κ1) is 22.7. The number of carbonyl (C=O) groups is 3. The van der Waals surface area contributed by atoms with E-state index in [1.54, 1.807) is 29.2 Å². The van der Waals surface area contributed by atoms with E-state index in [0.717, 1.165) is 12.8 Å². The minimum Gasteiger partial charge on any atom is -0.396 e. The number of rotatable bonds is 7. The normalized spacial score (nSPS) is 23.0. The lowest BCUT2D eigenvalue weighted by Gasteiger charge is -2.34. The first-order valence-corrected chi connectivity index (χ1v) is 10.8. The molecule has 2 saturated heterocycles. The van der Waals surface area contributed by atoms with Crippen molar-refractivity contribution in [2.75, 3.05) is 46.9 Å². The summed E-state index contributed by atoms with van der Waals surface area (Å²) in [5, 5.41) is 9.73. The van der Waals surface area contributed by atoms with E-state index in [2.05, 4.69) is 0 Å². The fourth-order valence-corrected chi connectivity index (χ4v) is 4.67. The van der Waals surface area contributed by atoms with E-state index in [1.807, 2.05) is 19.0 Å². The molecule has 8 heteroatoms. The van der Waals surface area contributed by atoms with Gasteiger partial charge in [0.2, 0.25) is 17.7 Å². The zero-order valence-electron chi connectivity index (χ0n) is 17.6. The van der Waals surface area contributed by atoms with Gasteiger partial charge in [0, 0.05) is 50.7 Å². The molecule has 0 aliphatic carbocycles. The number of piperidine rings is 1. The molecule has 30 heavy (non-hydrogen) atoms. The van der Waals surface area contributed by atoms with Crippen molar-refractivity contribution >= 4 is 29.3 Å². The molecular formula is C22H30ClN3O4. The van der Waals surface area contributed by atoms with Crippen LogP contribution in [0.5, 0.6) is 0 Å². The van der Waals surface area contributed by atoms with Crippen LogP contribution in [0.1, 0.15) is 31.2 Å². The monoisotopic (exact) mass is 435 g/mol. The molecule has 0 radical (unpaired) electrons. The summed E-state index contributed by atoms with van der Waals surface area (Å²) >= 11 is 6.45. The van der Waals surface area contributed by atoms with Gasteiger partial charge in [-0.25, -0.2) is 0 Å². The van der Waals surface area contributed by atoms with E-state index >= 15 is 0 Å². The first-order chi connectivity index (χ1) is 14.3. The summed E-state index contributed by atoms with van der Waals surface area (Å²) in [5.41, 5.74) is -0.733. The Hall–Kier alpha value is -1.96. The van der Waals surface area contributed by atoms with Crippen molar-refractivity contribution in [1.29, 1.82) is 0 Å². The van der Waals surface area contributed by atoms with Crippen LogP contribution in [0, 0.1) is 5.92 Å². The fraction of sp³-hybridized carbons (Fsp3) is 0.591. The van der Waals surface area contributed by atoms with Gasteiger partial charge in [-0.2, -0.15) is 0 Å². The van der Waals surface area contributed by atoms with Crippen LogP contribution in [0.25, 0.3) is 0 Å². The Morgan fingerprint density at radius 3 is 2.50 bits per heavy atom. The summed E-state index contributed by atoms with van der Waals surface area (Å²) in [7, 11) is 3.76. The van der Waals surface area contributed by atoms with Crippen LogP contribution < -0.4 is 0 Å². The summed E-state index contributed by atoms with van der Waals surface area (Å²) in [5.74, 6) is -0.556. The second-order valence-corrected chi connectivity index (χ2v) is 8.98. The third-order valence-electron chi connectivity index (χ3n) is 6.25. The summed E-state index contributed by atoms with van der Waals surface area (Å²) in [4.78, 5) is 44.5. The van der Waals surface area contributed by atoms with E-state index in [0.29, 0.717) is 30.2 Å². The number of imide groups is 1. The largest absolute Gasteiger partial charge is 0.396 e. The number of aliphatic hydroxyl groups excluding tert-OH is 1. The minimum absolute atomic E-state index is 0.0537. The average molecular weight is 436 g/mol. The van der Waals surface area contributed by atoms with Crippen LogP contribution >= 0.6 is 11.6 Å². The van der Waals surface area contributed by atoms with Crippen molar-refractivity contribution in [3.8, 4) is 0 Å². The molecular weight excluding hydrogens is 406 g/mol. The van der Waals surface area contributed by atoms with E-state index in [1.165, 1.54) is 4.90 Å². The van der Waals surface area contributed by atoms with Gasteiger partial charge in [0.1, 0.15) is 0 Å². The molecule has 0 saturated carbocycles. The lowest BCUT2D eigenvalue weighted by Crippen LogP contribution is -2.46. The number of nitrogens with zero attached hydrogens (tertiary/aromatic N) is 3. The minimum atomic E-state index is -1.27. The second-order valence-electron chi connectivity index (χ2n) is 8.58. The van der Waals surface area contributed by atoms with E-state index in [9.17, 15) is 19.5 Å². The maximum atomic E-state index is 13.5. The highest BCUT2D eigenvalue weighted by atomic mass is 35.5. The van der Waals surface area contributed by atoms with Gasteiger partial charge in [-0.05, 0) is 44.5 Å². The Kier molecular flexibility index (Phi) is 7.16. The van der Waals surface area contributed by atoms with E-state index in [4.69, 9.17) is 11.6 Å². The van der Waals surface area contributed by atoms with Gasteiger partial charge in [0.05, 0.1) is 5.41 Å². The molecule has 3 amide bonds. The molecule has 1 atom stereocenters. The van der Waals surface area contributed by atoms with Crippen LogP contribution in [-0.2, 0) is 19.8 Å². The summed E-state index contributed by atoms with van der Waals surface area (Å²) in [6.07, 6.45) is 1.34. The Morgan fingerprint density at radius 2 is 1.90 bits per heavy atom. The third kappa shape index (κ3) is 4.53. The molecule has 2 aliphatic rings. The first-order valence-electron chi connectivity index (χ1n) is 10.4. The number of hydrogen-bond acceptors (Lipinski definition) is 5. The van der Waals surface area contributed by atoms with Crippen molar-refractivity contribution in [2.45, 2.75) is 31.1 Å². The molecule has 0 spiro atoms. The van der Waals surface area contributed by atoms with Crippen LogP contribution in [0.4, 0.5) is 0 Å². The van der Waals surface area contributed by atoms with Crippen LogP contribution in [0.15, 0.2) is 24.3 Å². The van der Waals surface area contributed by atoms with Gasteiger partial charge in [-0.3, -0.25) is 19.3 Å². The van der Waals surface area contributed by atoms with Crippen molar-refractivity contribution in [2.24, 2.45) is 5.92 Å². The summed E-state index contributed by atoms with van der Waals surface area (Å²) in [6, 6.07) is 6.98. The molecule has 7 nitrogen and oxygen atoms in total. The number of carbonyl (C=O) groups excluding carboxylic acids is 3. The number of halogens is 1. The topological polar surface area (TPSA) is 81.2 Å². The summed E-state index contributed by atoms with van der Waals surface area (Å²) in [6.45, 7) is 2.06. The number of likely N-dealkylation sites (N-methyl/N-ethyl adjacent to an activating group) is 1. The van der Waals surface area contributed by atoms with Crippen LogP contribution in [-0.4, -0.2) is 84.4 Å². The molecule has 0 aromatic heterocycles. The van der Waals surface area contributed by atoms with Crippen LogP contribution in [0.2, 0.25) is 5.02 Å². The number of aliphatic hydroxyl groups is 1. The highest BCUT2D eigenvalue weighted by Gasteiger charge is 2.54. The number of likely N-dealkylation sites (tertiary alicyclic amines) is 2. The van der Waals surface area contributed by atoms with Crippen molar-refractivity contribution < 1.29 is 19.5 Å². The predicted molar refractivity (Wildman–Crippen MR) is 114 cm³/mol. The molecule has 1 unspecified atom stereocenters. The Balaban J connectivity index is 1.89. The third-order valence-corrected chi connectivity index (χ3v) is 6.58. The SMILES string of the molecule is CN(C)CCN1C(=O)CC(CC(=O)N2CCC(CO)CC2)(c2ccccc2Cl)C1=O. The van der Waals surface area contributed by atoms with Gasteiger partial charge >= 0.3 is 0 Å². The van der Waals surface area contributed by atoms with Gasteiger partial charge in [0.25, 0.3) is 0 Å². The smallest absolute Gasteiger partial charge is 0.240 e. The van der Waals surface area contributed by atoms with Gasteiger partial charge in [-0.15, -0.1) is 0 Å². The molecule has 2 aliphatic heterocycles. The molecule has 1 aromatic carbocycles. The average Bonchev–Trinajstić information content (AvgIpc) is 2.96. The van der Waals surface area contributed by atoms with E-state index < -0.39 is 5.41 Å². The van der Waals surface area contributed by atoms with Gasteiger partial charge in [-0.1, -0.05) is 29.8 Å². The number of hydrogen-bond donors (Lipinski definition) is 1. The number of benzene rings is 1. The summed E-state index contributed by atoms with van der Waals surface area (Å²) < 4.78 is 0. The van der Waals surface area contributed by atoms with Gasteiger partial charge in [0.15, 0.2) is 0 Å². The molecule has 3 rings (SSSR count). The highest BCUT2D eigenvalue weighted by molar-refractivity contribution is 6.32. The molecule has 164 valence electrons. The maximum absolute atomic E-state index is 13.5. The standard InChI is InChI=1S/C22H30ClN3O4/c1-24(2)11-12-26-20(29)14-22(21(26)30,17-5-3-4-6-18(17)23)13-19(28)25-9-7-16(15-27)8-10-25/h3-6,16,27H,7-15H2,1-2H3. The second kappa shape index (κ2) is 9.45. The Morgan fingerprint density at radius 1 is 1.23 bits per heavy atom. The maximum Gasteiger partial charge on any atom is 0.240 e. The van der Waals surface area contributed by atoms with Crippen LogP contribution in [0.3, 0.4) is 0 Å². The van der Waals surface area contributed by atoms with E-state index in [-0.39, 0.29) is 49.6 Å². The lowest BCUT2D eigenvalue weighted by atomic mass is 9.75. The van der Waals surface area contributed by atoms with Crippen molar-refractivity contribution in [1.82, 2.24) is 14.7 Å². The fourth-order valence-electron chi connectivity index (χ4n) is 4.36. The molecule has 2 fully saturated rings. The molecule has 0 bridgehead atoms. The lowest BCUT2D eigenvalue weighted by molar-refractivity contribution is -0.143. The zero-order valence-corrected chi connectivity index (χ0v) is 18.4. The van der Waals surface area contributed by atoms with Crippen molar-refractivity contribution in [3.63, 3.8) is 0 Å². The van der Waals surface area contributed by atoms with Gasteiger partial charge < -0.3 is 14.9 Å². The predicted octanol–water partition coefficient (Wildman–Crippen LogP) is 1.52.